The molecule has 1 aliphatic rings. The van der Waals surface area contributed by atoms with Gasteiger partial charge in [-0.2, -0.15) is 0 Å². The predicted molar refractivity (Wildman–Crippen MR) is 66.7 cm³/mol. The van der Waals surface area contributed by atoms with Crippen LogP contribution in [0.1, 0.15) is 12.8 Å². The lowest BCUT2D eigenvalue weighted by atomic mass is 10.2. The van der Waals surface area contributed by atoms with Crippen molar-refractivity contribution in [3.05, 3.63) is 0 Å². The topological polar surface area (TPSA) is 122 Å². The first-order chi connectivity index (χ1) is 8.92. The van der Waals surface area contributed by atoms with Crippen LogP contribution in [0.5, 0.6) is 0 Å². The summed E-state index contributed by atoms with van der Waals surface area (Å²) in [5, 5.41) is 12.7. The highest BCUT2D eigenvalue weighted by molar-refractivity contribution is 7.92. The SMILES string of the molecule is O=C(O)COCCNC(=O)NCC1CCCS1(=O)=O. The molecule has 1 atom stereocenters. The van der Waals surface area contributed by atoms with E-state index in [9.17, 15) is 18.0 Å². The van der Waals surface area contributed by atoms with E-state index in [0.29, 0.717) is 12.8 Å². The molecule has 0 radical (unpaired) electrons. The van der Waals surface area contributed by atoms with E-state index in [-0.39, 0.29) is 25.4 Å². The molecular formula is C10H18N2O6S. The van der Waals surface area contributed by atoms with Crippen molar-refractivity contribution in [2.75, 3.05) is 32.1 Å². The second-order valence-corrected chi connectivity index (χ2v) is 6.61. The number of carbonyl (C=O) groups excluding carboxylic acids is 1. The number of amides is 2. The Morgan fingerprint density at radius 2 is 2.05 bits per heavy atom. The zero-order chi connectivity index (χ0) is 14.3. The molecule has 1 saturated heterocycles. The first-order valence-corrected chi connectivity index (χ1v) is 7.66. The lowest BCUT2D eigenvalue weighted by molar-refractivity contribution is -0.142. The maximum Gasteiger partial charge on any atom is 0.329 e. The molecule has 8 nitrogen and oxygen atoms in total. The number of nitrogens with one attached hydrogen (secondary N) is 2. The number of carbonyl (C=O) groups is 2. The van der Waals surface area contributed by atoms with Crippen LogP contribution in [0.25, 0.3) is 0 Å². The second-order valence-electron chi connectivity index (χ2n) is 4.21. The first-order valence-electron chi connectivity index (χ1n) is 5.94. The number of ether oxygens (including phenoxy) is 1. The smallest absolute Gasteiger partial charge is 0.329 e. The van der Waals surface area contributed by atoms with Gasteiger partial charge in [-0.25, -0.2) is 18.0 Å². The summed E-state index contributed by atoms with van der Waals surface area (Å²) in [5.74, 6) is -0.889. The summed E-state index contributed by atoms with van der Waals surface area (Å²) in [6.07, 6.45) is 1.21. The summed E-state index contributed by atoms with van der Waals surface area (Å²) >= 11 is 0. The molecule has 3 N–H and O–H groups in total. The third-order valence-electron chi connectivity index (χ3n) is 2.71. The molecule has 0 aromatic rings. The van der Waals surface area contributed by atoms with Crippen LogP contribution in [0, 0.1) is 0 Å². The minimum absolute atomic E-state index is 0.0848. The van der Waals surface area contributed by atoms with Crippen molar-refractivity contribution in [1.82, 2.24) is 10.6 Å². The third-order valence-corrected chi connectivity index (χ3v) is 4.99. The standard InChI is InChI=1S/C10H18N2O6S/c13-9(14)7-18-4-3-11-10(15)12-6-8-2-1-5-19(8,16)17/h8H,1-7H2,(H,13,14)(H2,11,12,15). The Balaban J connectivity index is 2.10. The number of hydrogen-bond acceptors (Lipinski definition) is 5. The second kappa shape index (κ2) is 7.29. The molecule has 1 fully saturated rings. The van der Waals surface area contributed by atoms with Gasteiger partial charge in [0.1, 0.15) is 6.61 Å². The fourth-order valence-corrected chi connectivity index (χ4v) is 3.52. The van der Waals surface area contributed by atoms with Gasteiger partial charge in [-0.3, -0.25) is 0 Å². The monoisotopic (exact) mass is 294 g/mol. The van der Waals surface area contributed by atoms with Gasteiger partial charge in [-0.15, -0.1) is 0 Å². The number of carboxylic acid groups (broad SMARTS) is 1. The molecule has 0 aromatic heterocycles. The molecule has 0 bridgehead atoms. The van der Waals surface area contributed by atoms with Gasteiger partial charge in [0, 0.05) is 13.1 Å². The maximum atomic E-state index is 11.5. The van der Waals surface area contributed by atoms with Crippen LogP contribution in [-0.2, 0) is 19.4 Å². The van der Waals surface area contributed by atoms with Crippen molar-refractivity contribution in [3.63, 3.8) is 0 Å². The van der Waals surface area contributed by atoms with E-state index >= 15 is 0 Å². The normalized spacial score (nSPS) is 20.9. The minimum Gasteiger partial charge on any atom is -0.480 e. The van der Waals surface area contributed by atoms with Gasteiger partial charge in [0.15, 0.2) is 9.84 Å². The quantitative estimate of drug-likeness (QED) is 0.516. The summed E-state index contributed by atoms with van der Waals surface area (Å²) in [6, 6.07) is -0.485. The number of hydrogen-bond donors (Lipinski definition) is 3. The van der Waals surface area contributed by atoms with Crippen molar-refractivity contribution in [2.45, 2.75) is 18.1 Å². The molecule has 1 unspecified atom stereocenters. The van der Waals surface area contributed by atoms with Crippen molar-refractivity contribution >= 4 is 21.8 Å². The van der Waals surface area contributed by atoms with Gasteiger partial charge in [-0.1, -0.05) is 0 Å². The van der Waals surface area contributed by atoms with Crippen molar-refractivity contribution in [3.8, 4) is 0 Å². The number of rotatable bonds is 7. The highest BCUT2D eigenvalue weighted by atomic mass is 32.2. The van der Waals surface area contributed by atoms with Crippen LogP contribution < -0.4 is 10.6 Å². The van der Waals surface area contributed by atoms with Crippen molar-refractivity contribution < 1.29 is 27.9 Å². The molecule has 0 aromatic carbocycles. The molecule has 1 rings (SSSR count). The molecule has 19 heavy (non-hydrogen) atoms. The van der Waals surface area contributed by atoms with Crippen LogP contribution in [0.4, 0.5) is 4.79 Å². The van der Waals surface area contributed by atoms with E-state index in [2.05, 4.69) is 10.6 Å². The summed E-state index contributed by atoms with van der Waals surface area (Å²) in [4.78, 5) is 21.4. The Hall–Kier alpha value is -1.35. The van der Waals surface area contributed by atoms with Crippen LogP contribution in [0.15, 0.2) is 0 Å². The molecular weight excluding hydrogens is 276 g/mol. The van der Waals surface area contributed by atoms with Gasteiger partial charge in [0.2, 0.25) is 0 Å². The van der Waals surface area contributed by atoms with E-state index in [0.717, 1.165) is 0 Å². The number of aliphatic carboxylic acids is 1. The van der Waals surface area contributed by atoms with Gasteiger partial charge in [-0.05, 0) is 12.8 Å². The number of carboxylic acids is 1. The molecule has 9 heteroatoms. The van der Waals surface area contributed by atoms with Gasteiger partial charge in [0.05, 0.1) is 17.6 Å². The Kier molecular flexibility index (Phi) is 6.03. The van der Waals surface area contributed by atoms with Gasteiger partial charge < -0.3 is 20.5 Å². The Bertz CT molecular complexity index is 422. The maximum absolute atomic E-state index is 11.5. The van der Waals surface area contributed by atoms with E-state index in [1.54, 1.807) is 0 Å². The molecule has 0 saturated carbocycles. The average molecular weight is 294 g/mol. The van der Waals surface area contributed by atoms with Crippen LogP contribution >= 0.6 is 0 Å². The molecule has 2 amide bonds. The summed E-state index contributed by atoms with van der Waals surface area (Å²) < 4.78 is 27.7. The van der Waals surface area contributed by atoms with E-state index in [1.807, 2.05) is 0 Å². The Labute approximate surface area is 111 Å². The Morgan fingerprint density at radius 1 is 1.32 bits per heavy atom. The number of sulfone groups is 1. The van der Waals surface area contributed by atoms with Crippen LogP contribution in [0.2, 0.25) is 0 Å². The highest BCUT2D eigenvalue weighted by Crippen LogP contribution is 2.18. The summed E-state index contributed by atoms with van der Waals surface area (Å²) in [5.41, 5.74) is 0. The van der Waals surface area contributed by atoms with E-state index in [1.165, 1.54) is 0 Å². The zero-order valence-electron chi connectivity index (χ0n) is 10.4. The van der Waals surface area contributed by atoms with E-state index in [4.69, 9.17) is 9.84 Å². The fraction of sp³-hybridized carbons (Fsp3) is 0.800. The largest absolute Gasteiger partial charge is 0.480 e. The van der Waals surface area contributed by atoms with Crippen LogP contribution in [0.3, 0.4) is 0 Å². The van der Waals surface area contributed by atoms with Gasteiger partial charge >= 0.3 is 12.0 Å². The first kappa shape index (κ1) is 15.7. The summed E-state index contributed by atoms with van der Waals surface area (Å²) in [6.45, 7) is -0.0637. The fourth-order valence-electron chi connectivity index (χ4n) is 1.75. The van der Waals surface area contributed by atoms with Gasteiger partial charge in [0.25, 0.3) is 0 Å². The lowest BCUT2D eigenvalue weighted by Gasteiger charge is -2.11. The van der Waals surface area contributed by atoms with Crippen LogP contribution in [-0.4, -0.2) is 62.8 Å². The highest BCUT2D eigenvalue weighted by Gasteiger charge is 2.31. The molecule has 1 heterocycles. The number of urea groups is 1. The predicted octanol–water partition coefficient (Wildman–Crippen LogP) is -1.04. The third kappa shape index (κ3) is 5.88. The molecule has 110 valence electrons. The molecule has 0 aliphatic carbocycles. The van der Waals surface area contributed by atoms with E-state index < -0.39 is 33.7 Å². The van der Waals surface area contributed by atoms with Crippen molar-refractivity contribution in [2.24, 2.45) is 0 Å². The lowest BCUT2D eigenvalue weighted by Crippen LogP contribution is -2.42. The van der Waals surface area contributed by atoms with Crippen molar-refractivity contribution in [1.29, 1.82) is 0 Å². The average Bonchev–Trinajstić information content (AvgIpc) is 2.65. The zero-order valence-corrected chi connectivity index (χ0v) is 11.2. The molecule has 1 aliphatic heterocycles. The molecule has 0 spiro atoms. The Morgan fingerprint density at radius 3 is 2.63 bits per heavy atom. The summed E-state index contributed by atoms with van der Waals surface area (Å²) in [7, 11) is -3.05. The minimum atomic E-state index is -3.05.